The van der Waals surface area contributed by atoms with E-state index in [-0.39, 0.29) is 17.5 Å². The van der Waals surface area contributed by atoms with E-state index in [0.29, 0.717) is 40.3 Å². The first-order chi connectivity index (χ1) is 12.3. The molecule has 5 nitrogen and oxygen atoms in total. The predicted molar refractivity (Wildman–Crippen MR) is 108 cm³/mol. The third-order valence-electron chi connectivity index (χ3n) is 4.32. The van der Waals surface area contributed by atoms with Gasteiger partial charge in [0.15, 0.2) is 5.65 Å². The normalized spacial score (nSPS) is 14.7. The lowest BCUT2D eigenvalue weighted by Gasteiger charge is -2.15. The number of aromatic nitrogens is 2. The molecule has 136 valence electrons. The van der Waals surface area contributed by atoms with Crippen LogP contribution in [0.1, 0.15) is 24.0 Å². The number of hydrogen-bond acceptors (Lipinski definition) is 3. The molecule has 1 fully saturated rings. The summed E-state index contributed by atoms with van der Waals surface area (Å²) < 4.78 is 44.2. The lowest BCUT2D eigenvalue weighted by Crippen LogP contribution is -2.19. The molecule has 3 aromatic rings. The Bertz CT molecular complexity index is 1110. The second-order valence-electron chi connectivity index (χ2n) is 6.25. The van der Waals surface area contributed by atoms with E-state index in [0.717, 1.165) is 3.57 Å². The van der Waals surface area contributed by atoms with Gasteiger partial charge >= 0.3 is 0 Å². The molecule has 0 radical (unpaired) electrons. The van der Waals surface area contributed by atoms with Gasteiger partial charge in [0.1, 0.15) is 5.82 Å². The Morgan fingerprint density at radius 2 is 2.15 bits per heavy atom. The molecule has 0 aliphatic heterocycles. The summed E-state index contributed by atoms with van der Waals surface area (Å²) in [6.45, 7) is 0. The fourth-order valence-corrected chi connectivity index (χ4v) is 4.96. The van der Waals surface area contributed by atoms with Crippen molar-refractivity contribution < 1.29 is 12.8 Å². The molecular weight excluding hydrogens is 492 g/mol. The summed E-state index contributed by atoms with van der Waals surface area (Å²) in [5, 5.41) is -0.0633. The first kappa shape index (κ1) is 18.0. The topological polar surface area (TPSA) is 63.5 Å². The molecule has 0 atom stereocenters. The molecule has 26 heavy (non-hydrogen) atoms. The molecule has 0 amide bonds. The van der Waals surface area contributed by atoms with Gasteiger partial charge in [-0.1, -0.05) is 17.7 Å². The van der Waals surface area contributed by atoms with E-state index >= 15 is 0 Å². The van der Waals surface area contributed by atoms with Crippen LogP contribution >= 0.6 is 34.2 Å². The van der Waals surface area contributed by atoms with Crippen molar-refractivity contribution in [2.45, 2.75) is 24.5 Å². The van der Waals surface area contributed by atoms with Crippen molar-refractivity contribution in [1.29, 1.82) is 0 Å². The van der Waals surface area contributed by atoms with Gasteiger partial charge in [-0.3, -0.25) is 4.72 Å². The third kappa shape index (κ3) is 3.41. The standard InChI is InChI=1S/C17H14ClFIN3O2S/c18-16-13(7-10-1-2-11(20)8-14(10)19)15(9-23-6-5-21-17(16)23)22-26(24,25)12-3-4-12/h1-2,5-6,8-9,12,22H,3-4,7H2. The second kappa shape index (κ2) is 6.65. The van der Waals surface area contributed by atoms with Crippen LogP contribution in [0.5, 0.6) is 0 Å². The highest BCUT2D eigenvalue weighted by molar-refractivity contribution is 14.1. The maximum Gasteiger partial charge on any atom is 0.235 e. The van der Waals surface area contributed by atoms with Crippen LogP contribution in [0.2, 0.25) is 5.02 Å². The highest BCUT2D eigenvalue weighted by Gasteiger charge is 2.36. The van der Waals surface area contributed by atoms with Crippen LogP contribution in [0.3, 0.4) is 0 Å². The maximum atomic E-state index is 14.3. The van der Waals surface area contributed by atoms with E-state index in [1.165, 1.54) is 6.07 Å². The predicted octanol–water partition coefficient (Wildman–Crippen LogP) is 4.23. The maximum absolute atomic E-state index is 14.3. The van der Waals surface area contributed by atoms with Crippen LogP contribution in [0.15, 0.2) is 36.8 Å². The fraction of sp³-hybridized carbons (Fsp3) is 0.235. The molecule has 1 N–H and O–H groups in total. The fourth-order valence-electron chi connectivity index (χ4n) is 2.79. The number of nitrogens with one attached hydrogen (secondary N) is 1. The number of hydrogen-bond donors (Lipinski definition) is 1. The third-order valence-corrected chi connectivity index (χ3v) is 7.24. The second-order valence-corrected chi connectivity index (χ2v) is 9.84. The van der Waals surface area contributed by atoms with Crippen molar-refractivity contribution >= 4 is 55.5 Å². The Morgan fingerprint density at radius 1 is 1.38 bits per heavy atom. The Labute approximate surface area is 168 Å². The van der Waals surface area contributed by atoms with Crippen molar-refractivity contribution in [2.24, 2.45) is 0 Å². The van der Waals surface area contributed by atoms with Crippen LogP contribution in [0.4, 0.5) is 10.1 Å². The highest BCUT2D eigenvalue weighted by Crippen LogP contribution is 2.35. The number of benzene rings is 1. The molecule has 0 bridgehead atoms. The van der Waals surface area contributed by atoms with Gasteiger partial charge in [0.25, 0.3) is 0 Å². The first-order valence-electron chi connectivity index (χ1n) is 7.95. The largest absolute Gasteiger partial charge is 0.304 e. The number of nitrogens with zero attached hydrogens (tertiary/aromatic N) is 2. The van der Waals surface area contributed by atoms with Crippen LogP contribution in [-0.4, -0.2) is 23.1 Å². The average Bonchev–Trinajstić information content (AvgIpc) is 3.33. The number of sulfonamides is 1. The van der Waals surface area contributed by atoms with Gasteiger partial charge in [-0.25, -0.2) is 17.8 Å². The smallest absolute Gasteiger partial charge is 0.235 e. The lowest BCUT2D eigenvalue weighted by molar-refractivity contribution is 0.600. The van der Waals surface area contributed by atoms with E-state index in [4.69, 9.17) is 11.6 Å². The summed E-state index contributed by atoms with van der Waals surface area (Å²) in [4.78, 5) is 4.20. The minimum Gasteiger partial charge on any atom is -0.304 e. The van der Waals surface area contributed by atoms with Gasteiger partial charge in [-0.2, -0.15) is 0 Å². The Hall–Kier alpha value is -1.39. The number of imidazole rings is 1. The molecular formula is C17H14ClFIN3O2S. The van der Waals surface area contributed by atoms with Gasteiger partial charge < -0.3 is 4.40 Å². The minimum absolute atomic E-state index is 0.160. The summed E-state index contributed by atoms with van der Waals surface area (Å²) in [5.41, 5.74) is 1.80. The summed E-state index contributed by atoms with van der Waals surface area (Å²) in [6, 6.07) is 4.92. The van der Waals surface area contributed by atoms with Gasteiger partial charge in [0.05, 0.1) is 16.0 Å². The van der Waals surface area contributed by atoms with E-state index in [1.807, 2.05) is 22.6 Å². The number of halogens is 3. The summed E-state index contributed by atoms with van der Waals surface area (Å²) in [7, 11) is -3.48. The van der Waals surface area contributed by atoms with Crippen LogP contribution in [0, 0.1) is 9.39 Å². The lowest BCUT2D eigenvalue weighted by atomic mass is 10.0. The molecule has 1 aliphatic rings. The monoisotopic (exact) mass is 505 g/mol. The highest BCUT2D eigenvalue weighted by atomic mass is 127. The zero-order valence-corrected chi connectivity index (χ0v) is 17.1. The Balaban J connectivity index is 1.82. The average molecular weight is 506 g/mol. The van der Waals surface area contributed by atoms with Crippen LogP contribution in [0.25, 0.3) is 5.65 Å². The molecule has 1 aromatic carbocycles. The van der Waals surface area contributed by atoms with Crippen molar-refractivity contribution in [3.63, 3.8) is 0 Å². The quantitative estimate of drug-likeness (QED) is 0.528. The molecule has 2 aromatic heterocycles. The molecule has 0 spiro atoms. The number of pyridine rings is 1. The van der Waals surface area contributed by atoms with Gasteiger partial charge in [-0.05, 0) is 53.1 Å². The molecule has 9 heteroatoms. The molecule has 1 aliphatic carbocycles. The molecule has 0 saturated heterocycles. The van der Waals surface area contributed by atoms with E-state index < -0.39 is 10.0 Å². The minimum atomic E-state index is -3.48. The Morgan fingerprint density at radius 3 is 2.85 bits per heavy atom. The zero-order valence-electron chi connectivity index (χ0n) is 13.4. The summed E-state index contributed by atoms with van der Waals surface area (Å²) >= 11 is 8.54. The van der Waals surface area contributed by atoms with Gasteiger partial charge in [0, 0.05) is 34.1 Å². The SMILES string of the molecule is O=S(=O)(Nc1cn2ccnc2c(Cl)c1Cc1ccc(I)cc1F)C1CC1. The molecule has 0 unspecified atom stereocenters. The van der Waals surface area contributed by atoms with Crippen molar-refractivity contribution in [3.8, 4) is 0 Å². The zero-order chi connectivity index (χ0) is 18.5. The molecule has 2 heterocycles. The molecule has 1 saturated carbocycles. The number of fused-ring (bicyclic) bond motifs is 1. The van der Waals surface area contributed by atoms with Crippen LogP contribution in [-0.2, 0) is 16.4 Å². The van der Waals surface area contributed by atoms with E-state index in [2.05, 4.69) is 9.71 Å². The van der Waals surface area contributed by atoms with Crippen molar-refractivity contribution in [3.05, 3.63) is 62.3 Å². The number of rotatable bonds is 5. The van der Waals surface area contributed by atoms with Gasteiger partial charge in [0.2, 0.25) is 10.0 Å². The van der Waals surface area contributed by atoms with E-state index in [9.17, 15) is 12.8 Å². The van der Waals surface area contributed by atoms with Crippen molar-refractivity contribution in [2.75, 3.05) is 4.72 Å². The van der Waals surface area contributed by atoms with Crippen molar-refractivity contribution in [1.82, 2.24) is 9.38 Å². The van der Waals surface area contributed by atoms with Gasteiger partial charge in [-0.15, -0.1) is 0 Å². The Kier molecular flexibility index (Phi) is 4.60. The first-order valence-corrected chi connectivity index (χ1v) is 10.9. The number of anilines is 1. The summed E-state index contributed by atoms with van der Waals surface area (Å²) in [6.07, 6.45) is 6.36. The van der Waals surface area contributed by atoms with E-state index in [1.54, 1.807) is 35.1 Å². The van der Waals surface area contributed by atoms with Crippen LogP contribution < -0.4 is 4.72 Å². The molecule has 4 rings (SSSR count). The summed E-state index contributed by atoms with van der Waals surface area (Å²) in [5.74, 6) is -0.354.